The Morgan fingerprint density at radius 1 is 1.70 bits per heavy atom. The number of hydrogen-bond donors (Lipinski definition) is 1. The molecule has 0 saturated heterocycles. The number of rotatable bonds is 4. The second-order valence-electron chi connectivity index (χ2n) is 3.20. The molecule has 2 heteroatoms. The highest BCUT2D eigenvalue weighted by Crippen LogP contribution is 2.39. The minimum absolute atomic E-state index is 0.287. The van der Waals surface area contributed by atoms with E-state index in [4.69, 9.17) is 10.5 Å². The Hall–Kier alpha value is -0.0800. The Kier molecular flexibility index (Phi) is 2.69. The molecule has 10 heavy (non-hydrogen) atoms. The largest absolute Gasteiger partial charge is 0.380 e. The van der Waals surface area contributed by atoms with Crippen molar-refractivity contribution in [1.82, 2.24) is 0 Å². The van der Waals surface area contributed by atoms with Gasteiger partial charge in [0.05, 0.1) is 6.61 Å². The van der Waals surface area contributed by atoms with Crippen LogP contribution < -0.4 is 5.73 Å². The summed E-state index contributed by atoms with van der Waals surface area (Å²) in [7, 11) is 0. The van der Waals surface area contributed by atoms with Crippen LogP contribution in [0.1, 0.15) is 20.3 Å². The summed E-state index contributed by atoms with van der Waals surface area (Å²) in [5.41, 5.74) is 5.83. The first-order valence-electron chi connectivity index (χ1n) is 4.09. The van der Waals surface area contributed by atoms with Gasteiger partial charge in [0.1, 0.15) is 0 Å². The lowest BCUT2D eigenvalue weighted by Gasteiger charge is -2.09. The number of nitrogens with two attached hydrogens (primary N) is 1. The second kappa shape index (κ2) is 3.35. The fourth-order valence-corrected chi connectivity index (χ4v) is 1.33. The highest BCUT2D eigenvalue weighted by molar-refractivity contribution is 4.90. The molecule has 0 heterocycles. The maximum absolute atomic E-state index is 5.83. The predicted molar refractivity (Wildman–Crippen MR) is 41.7 cm³/mol. The molecule has 0 aromatic heterocycles. The van der Waals surface area contributed by atoms with Gasteiger partial charge in [0, 0.05) is 12.6 Å². The molecule has 0 bridgehead atoms. The summed E-state index contributed by atoms with van der Waals surface area (Å²) in [6, 6.07) is 0.287. The van der Waals surface area contributed by atoms with Crippen LogP contribution in [0.5, 0.6) is 0 Å². The zero-order valence-electron chi connectivity index (χ0n) is 6.84. The third-order valence-corrected chi connectivity index (χ3v) is 2.24. The SMILES string of the molecule is CCOCC(N)C1CC1C. The maximum atomic E-state index is 5.83. The summed E-state index contributed by atoms with van der Waals surface area (Å²) in [6.07, 6.45) is 1.30. The first-order valence-corrected chi connectivity index (χ1v) is 4.09. The lowest BCUT2D eigenvalue weighted by molar-refractivity contribution is 0.126. The van der Waals surface area contributed by atoms with Crippen LogP contribution in [0.4, 0.5) is 0 Å². The lowest BCUT2D eigenvalue weighted by atomic mass is 10.2. The van der Waals surface area contributed by atoms with Gasteiger partial charge in [0.2, 0.25) is 0 Å². The van der Waals surface area contributed by atoms with E-state index in [9.17, 15) is 0 Å². The highest BCUT2D eigenvalue weighted by Gasteiger charge is 2.37. The molecule has 0 radical (unpaired) electrons. The first kappa shape index (κ1) is 8.02. The van der Waals surface area contributed by atoms with Gasteiger partial charge in [-0.05, 0) is 25.2 Å². The van der Waals surface area contributed by atoms with E-state index < -0.39 is 0 Å². The second-order valence-corrected chi connectivity index (χ2v) is 3.20. The molecule has 3 atom stereocenters. The van der Waals surface area contributed by atoms with E-state index in [0.29, 0.717) is 0 Å². The molecule has 1 rings (SSSR count). The third-order valence-electron chi connectivity index (χ3n) is 2.24. The van der Waals surface area contributed by atoms with Crippen LogP contribution in [0.25, 0.3) is 0 Å². The van der Waals surface area contributed by atoms with Gasteiger partial charge in [-0.15, -0.1) is 0 Å². The monoisotopic (exact) mass is 143 g/mol. The Morgan fingerprint density at radius 2 is 2.30 bits per heavy atom. The Labute approximate surface area is 62.7 Å². The van der Waals surface area contributed by atoms with E-state index in [1.807, 2.05) is 6.92 Å². The lowest BCUT2D eigenvalue weighted by Crippen LogP contribution is -2.29. The molecule has 1 aliphatic carbocycles. The average Bonchev–Trinajstić information content (AvgIpc) is 2.62. The van der Waals surface area contributed by atoms with E-state index in [2.05, 4.69) is 6.92 Å². The molecule has 0 aliphatic heterocycles. The zero-order valence-corrected chi connectivity index (χ0v) is 6.84. The van der Waals surface area contributed by atoms with E-state index in [1.54, 1.807) is 0 Å². The maximum Gasteiger partial charge on any atom is 0.0620 e. The van der Waals surface area contributed by atoms with Crippen LogP contribution in [-0.2, 0) is 4.74 Å². The van der Waals surface area contributed by atoms with Gasteiger partial charge in [-0.25, -0.2) is 0 Å². The summed E-state index contributed by atoms with van der Waals surface area (Å²) >= 11 is 0. The van der Waals surface area contributed by atoms with Gasteiger partial charge in [0.15, 0.2) is 0 Å². The topological polar surface area (TPSA) is 35.2 Å². The molecular weight excluding hydrogens is 126 g/mol. The molecule has 3 unspecified atom stereocenters. The predicted octanol–water partition coefficient (Wildman–Crippen LogP) is 1.01. The summed E-state index contributed by atoms with van der Waals surface area (Å²) in [6.45, 7) is 5.78. The first-order chi connectivity index (χ1) is 4.75. The molecular formula is C8H17NO. The van der Waals surface area contributed by atoms with Crippen LogP contribution in [0.15, 0.2) is 0 Å². The molecule has 2 N–H and O–H groups in total. The summed E-state index contributed by atoms with van der Waals surface area (Å²) in [4.78, 5) is 0. The zero-order chi connectivity index (χ0) is 7.56. The van der Waals surface area contributed by atoms with E-state index >= 15 is 0 Å². The summed E-state index contributed by atoms with van der Waals surface area (Å²) in [5, 5.41) is 0. The third kappa shape index (κ3) is 1.96. The van der Waals surface area contributed by atoms with Gasteiger partial charge in [0.25, 0.3) is 0 Å². The van der Waals surface area contributed by atoms with Crippen LogP contribution in [0.3, 0.4) is 0 Å². The highest BCUT2D eigenvalue weighted by atomic mass is 16.5. The Balaban J connectivity index is 2.04. The Bertz CT molecular complexity index is 105. The molecule has 2 nitrogen and oxygen atoms in total. The van der Waals surface area contributed by atoms with Gasteiger partial charge >= 0.3 is 0 Å². The Morgan fingerprint density at radius 3 is 2.70 bits per heavy atom. The van der Waals surface area contributed by atoms with E-state index in [0.717, 1.165) is 25.0 Å². The van der Waals surface area contributed by atoms with Gasteiger partial charge in [-0.1, -0.05) is 6.92 Å². The van der Waals surface area contributed by atoms with Gasteiger partial charge < -0.3 is 10.5 Å². The molecule has 1 saturated carbocycles. The van der Waals surface area contributed by atoms with Crippen molar-refractivity contribution in [2.24, 2.45) is 17.6 Å². The average molecular weight is 143 g/mol. The normalized spacial score (nSPS) is 33.9. The van der Waals surface area contributed by atoms with Crippen molar-refractivity contribution in [2.45, 2.75) is 26.3 Å². The van der Waals surface area contributed by atoms with E-state index in [1.165, 1.54) is 6.42 Å². The number of hydrogen-bond acceptors (Lipinski definition) is 2. The minimum atomic E-state index is 0.287. The van der Waals surface area contributed by atoms with Gasteiger partial charge in [-0.2, -0.15) is 0 Å². The van der Waals surface area contributed by atoms with Crippen molar-refractivity contribution >= 4 is 0 Å². The molecule has 1 fully saturated rings. The fraction of sp³-hybridized carbons (Fsp3) is 1.00. The molecule has 0 spiro atoms. The van der Waals surface area contributed by atoms with Crippen LogP contribution in [-0.4, -0.2) is 19.3 Å². The van der Waals surface area contributed by atoms with Crippen LogP contribution >= 0.6 is 0 Å². The van der Waals surface area contributed by atoms with E-state index in [-0.39, 0.29) is 6.04 Å². The smallest absolute Gasteiger partial charge is 0.0620 e. The molecule has 1 aliphatic rings. The van der Waals surface area contributed by atoms with Crippen LogP contribution in [0, 0.1) is 11.8 Å². The van der Waals surface area contributed by atoms with Gasteiger partial charge in [-0.3, -0.25) is 0 Å². The number of ether oxygens (including phenoxy) is 1. The van der Waals surface area contributed by atoms with Crippen molar-refractivity contribution in [3.05, 3.63) is 0 Å². The quantitative estimate of drug-likeness (QED) is 0.637. The molecule has 0 amide bonds. The standard InChI is InChI=1S/C8H17NO/c1-3-10-5-8(9)7-4-6(7)2/h6-8H,3-5,9H2,1-2H3. The summed E-state index contributed by atoms with van der Waals surface area (Å²) < 4.78 is 5.22. The van der Waals surface area contributed by atoms with Crippen LogP contribution in [0.2, 0.25) is 0 Å². The summed E-state index contributed by atoms with van der Waals surface area (Å²) in [5.74, 6) is 1.59. The van der Waals surface area contributed by atoms with Crippen molar-refractivity contribution < 1.29 is 4.74 Å². The fourth-order valence-electron chi connectivity index (χ4n) is 1.33. The minimum Gasteiger partial charge on any atom is -0.380 e. The van der Waals surface area contributed by atoms with Crippen molar-refractivity contribution in [3.8, 4) is 0 Å². The van der Waals surface area contributed by atoms with Crippen molar-refractivity contribution in [3.63, 3.8) is 0 Å². The van der Waals surface area contributed by atoms with Crippen molar-refractivity contribution in [1.29, 1.82) is 0 Å². The molecule has 0 aromatic carbocycles. The molecule has 0 aromatic rings. The molecule has 60 valence electrons. The van der Waals surface area contributed by atoms with Crippen molar-refractivity contribution in [2.75, 3.05) is 13.2 Å².